The van der Waals surface area contributed by atoms with E-state index >= 15 is 0 Å². The van der Waals surface area contributed by atoms with Crippen LogP contribution in [-0.2, 0) is 15.3 Å². The maximum atomic E-state index is 11.5. The molecule has 0 fully saturated rings. The van der Waals surface area contributed by atoms with Crippen LogP contribution in [0, 0.1) is 6.92 Å². The second-order valence-corrected chi connectivity index (χ2v) is 6.53. The summed E-state index contributed by atoms with van der Waals surface area (Å²) in [5.41, 5.74) is 1.08. The van der Waals surface area contributed by atoms with Gasteiger partial charge in [0.2, 0.25) is 5.91 Å². The molecule has 1 rings (SSSR count). The summed E-state index contributed by atoms with van der Waals surface area (Å²) >= 11 is 3.34. The maximum Gasteiger partial charge on any atom is 0.303 e. The van der Waals surface area contributed by atoms with Crippen molar-refractivity contribution < 1.29 is 14.7 Å². The first-order valence-corrected chi connectivity index (χ1v) is 8.58. The molecular weight excluding hydrogens is 296 g/mol. The number of aromatic nitrogens is 1. The average molecular weight is 316 g/mol. The summed E-state index contributed by atoms with van der Waals surface area (Å²) in [5, 5.41) is 14.4. The topological polar surface area (TPSA) is 79.3 Å². The summed E-state index contributed by atoms with van der Waals surface area (Å²) in [6.07, 6.45) is 1.97. The number of unbranched alkanes of at least 4 members (excludes halogenated alkanes) is 1. The molecule has 0 bridgehead atoms. The van der Waals surface area contributed by atoms with E-state index in [9.17, 15) is 9.59 Å². The molecule has 20 heavy (non-hydrogen) atoms. The highest BCUT2D eigenvalue weighted by Gasteiger charge is 2.03. The first-order chi connectivity index (χ1) is 9.58. The Bertz CT molecular complexity index is 435. The zero-order valence-corrected chi connectivity index (χ0v) is 13.2. The van der Waals surface area contributed by atoms with E-state index in [1.807, 2.05) is 12.3 Å². The smallest absolute Gasteiger partial charge is 0.303 e. The molecule has 0 radical (unpaired) electrons. The minimum absolute atomic E-state index is 0.0299. The van der Waals surface area contributed by atoms with Crippen LogP contribution in [-0.4, -0.2) is 34.3 Å². The number of carboxylic acid groups (broad SMARTS) is 1. The zero-order chi connectivity index (χ0) is 14.8. The van der Waals surface area contributed by atoms with Crippen molar-refractivity contribution in [1.82, 2.24) is 10.3 Å². The third-order valence-electron chi connectivity index (χ3n) is 2.53. The van der Waals surface area contributed by atoms with Crippen molar-refractivity contribution >= 4 is 35.0 Å². The van der Waals surface area contributed by atoms with E-state index in [0.29, 0.717) is 25.8 Å². The first kappa shape index (κ1) is 17.0. The van der Waals surface area contributed by atoms with Gasteiger partial charge in [-0.1, -0.05) is 0 Å². The highest BCUT2D eigenvalue weighted by Crippen LogP contribution is 2.15. The van der Waals surface area contributed by atoms with Crippen LogP contribution in [0.3, 0.4) is 0 Å². The Morgan fingerprint density at radius 3 is 2.85 bits per heavy atom. The van der Waals surface area contributed by atoms with Crippen molar-refractivity contribution in [2.45, 2.75) is 38.4 Å². The van der Waals surface area contributed by atoms with E-state index in [1.165, 1.54) is 0 Å². The van der Waals surface area contributed by atoms with E-state index in [4.69, 9.17) is 5.11 Å². The van der Waals surface area contributed by atoms with Crippen LogP contribution in [0.1, 0.15) is 36.4 Å². The fourth-order valence-corrected chi connectivity index (χ4v) is 3.08. The van der Waals surface area contributed by atoms with Crippen molar-refractivity contribution in [2.24, 2.45) is 0 Å². The average Bonchev–Trinajstić information content (AvgIpc) is 2.80. The Labute approximate surface area is 127 Å². The molecule has 1 aromatic rings. The Balaban J connectivity index is 1.96. The SMILES string of the molecule is Cc1nc(CSCCC(=O)NCCCCC(=O)O)cs1. The van der Waals surface area contributed by atoms with Crippen molar-refractivity contribution in [1.29, 1.82) is 0 Å². The lowest BCUT2D eigenvalue weighted by molar-refractivity contribution is -0.137. The number of hydrogen-bond donors (Lipinski definition) is 2. The second-order valence-electron chi connectivity index (χ2n) is 4.36. The number of carboxylic acids is 1. The molecule has 2 N–H and O–H groups in total. The summed E-state index contributed by atoms with van der Waals surface area (Å²) in [4.78, 5) is 26.2. The minimum atomic E-state index is -0.787. The van der Waals surface area contributed by atoms with E-state index in [2.05, 4.69) is 10.3 Å². The third-order valence-corrected chi connectivity index (χ3v) is 4.34. The molecule has 0 aliphatic heterocycles. The summed E-state index contributed by atoms with van der Waals surface area (Å²) < 4.78 is 0. The lowest BCUT2D eigenvalue weighted by atomic mass is 10.2. The molecule has 0 aliphatic carbocycles. The van der Waals surface area contributed by atoms with Crippen LogP contribution >= 0.6 is 23.1 Å². The van der Waals surface area contributed by atoms with Gasteiger partial charge in [0, 0.05) is 36.3 Å². The van der Waals surface area contributed by atoms with Crippen LogP contribution in [0.4, 0.5) is 0 Å². The van der Waals surface area contributed by atoms with E-state index in [-0.39, 0.29) is 12.3 Å². The van der Waals surface area contributed by atoms with E-state index in [0.717, 1.165) is 22.2 Å². The summed E-state index contributed by atoms with van der Waals surface area (Å²) in [5.74, 6) is 0.862. The maximum absolute atomic E-state index is 11.5. The van der Waals surface area contributed by atoms with Crippen LogP contribution in [0.15, 0.2) is 5.38 Å². The van der Waals surface area contributed by atoms with Gasteiger partial charge in [-0.2, -0.15) is 11.8 Å². The van der Waals surface area contributed by atoms with Gasteiger partial charge in [-0.05, 0) is 19.8 Å². The third kappa shape index (κ3) is 8.16. The van der Waals surface area contributed by atoms with Gasteiger partial charge in [0.05, 0.1) is 10.7 Å². The largest absolute Gasteiger partial charge is 0.481 e. The van der Waals surface area contributed by atoms with Gasteiger partial charge in [0.15, 0.2) is 0 Å². The zero-order valence-electron chi connectivity index (χ0n) is 11.6. The molecule has 0 saturated heterocycles. The number of aliphatic carboxylic acids is 1. The fraction of sp³-hybridized carbons (Fsp3) is 0.615. The summed E-state index contributed by atoms with van der Waals surface area (Å²) in [6.45, 7) is 2.54. The molecule has 1 heterocycles. The molecule has 1 aromatic heterocycles. The molecule has 0 saturated carbocycles. The lowest BCUT2D eigenvalue weighted by Gasteiger charge is -2.04. The van der Waals surface area contributed by atoms with Gasteiger partial charge >= 0.3 is 5.97 Å². The number of amides is 1. The van der Waals surface area contributed by atoms with Gasteiger partial charge in [0.1, 0.15) is 0 Å². The van der Waals surface area contributed by atoms with E-state index in [1.54, 1.807) is 23.1 Å². The number of thioether (sulfide) groups is 1. The number of rotatable bonds is 10. The molecule has 5 nitrogen and oxygen atoms in total. The van der Waals surface area contributed by atoms with Crippen molar-refractivity contribution in [3.8, 4) is 0 Å². The van der Waals surface area contributed by atoms with Crippen LogP contribution in [0.25, 0.3) is 0 Å². The predicted molar refractivity (Wildman–Crippen MR) is 82.1 cm³/mol. The Morgan fingerprint density at radius 1 is 1.40 bits per heavy atom. The monoisotopic (exact) mass is 316 g/mol. The van der Waals surface area contributed by atoms with Gasteiger partial charge < -0.3 is 10.4 Å². The standard InChI is InChI=1S/C13H20N2O3S2/c1-10-15-11(9-20-10)8-19-7-5-12(16)14-6-3-2-4-13(17)18/h9H,2-8H2,1H3,(H,14,16)(H,17,18). The molecule has 0 unspecified atom stereocenters. The van der Waals surface area contributed by atoms with Gasteiger partial charge in [-0.15, -0.1) is 11.3 Å². The number of aryl methyl sites for hydroxylation is 1. The highest BCUT2D eigenvalue weighted by molar-refractivity contribution is 7.98. The molecule has 112 valence electrons. The lowest BCUT2D eigenvalue weighted by Crippen LogP contribution is -2.24. The molecule has 0 spiro atoms. The normalized spacial score (nSPS) is 10.4. The van der Waals surface area contributed by atoms with Gasteiger partial charge in [-0.3, -0.25) is 9.59 Å². The number of thiazole rings is 1. The van der Waals surface area contributed by atoms with Crippen LogP contribution < -0.4 is 5.32 Å². The Kier molecular flexibility index (Phi) is 8.29. The molecular formula is C13H20N2O3S2. The summed E-state index contributed by atoms with van der Waals surface area (Å²) in [6, 6.07) is 0. The number of carbonyl (C=O) groups excluding carboxylic acids is 1. The number of nitrogens with one attached hydrogen (secondary N) is 1. The van der Waals surface area contributed by atoms with Crippen molar-refractivity contribution in [3.63, 3.8) is 0 Å². The van der Waals surface area contributed by atoms with E-state index < -0.39 is 5.97 Å². The summed E-state index contributed by atoms with van der Waals surface area (Å²) in [7, 11) is 0. The molecule has 0 aliphatic rings. The predicted octanol–water partition coefficient (Wildman–Crippen LogP) is 2.45. The molecule has 0 atom stereocenters. The molecule has 1 amide bonds. The second kappa shape index (κ2) is 9.77. The molecule has 0 aromatic carbocycles. The van der Waals surface area contributed by atoms with Gasteiger partial charge in [0.25, 0.3) is 0 Å². The Morgan fingerprint density at radius 2 is 2.20 bits per heavy atom. The van der Waals surface area contributed by atoms with Crippen molar-refractivity contribution in [2.75, 3.05) is 12.3 Å². The minimum Gasteiger partial charge on any atom is -0.481 e. The fourth-order valence-electron chi connectivity index (χ4n) is 1.53. The van der Waals surface area contributed by atoms with Crippen LogP contribution in [0.2, 0.25) is 0 Å². The molecule has 7 heteroatoms. The van der Waals surface area contributed by atoms with Crippen molar-refractivity contribution in [3.05, 3.63) is 16.1 Å². The first-order valence-electron chi connectivity index (χ1n) is 6.55. The highest BCUT2D eigenvalue weighted by atomic mass is 32.2. The number of carbonyl (C=O) groups is 2. The Hall–Kier alpha value is -1.08. The number of nitrogens with zero attached hydrogens (tertiary/aromatic N) is 1. The van der Waals surface area contributed by atoms with Gasteiger partial charge in [-0.25, -0.2) is 4.98 Å². The van der Waals surface area contributed by atoms with Crippen LogP contribution in [0.5, 0.6) is 0 Å². The number of hydrogen-bond acceptors (Lipinski definition) is 5. The quantitative estimate of drug-likeness (QED) is 0.648.